The molecule has 0 saturated carbocycles. The van der Waals surface area contributed by atoms with Crippen molar-refractivity contribution in [2.75, 3.05) is 19.7 Å². The Morgan fingerprint density at radius 2 is 2.05 bits per heavy atom. The average molecular weight is 305 g/mol. The summed E-state index contributed by atoms with van der Waals surface area (Å²) in [7, 11) is 0. The first kappa shape index (κ1) is 16.5. The number of carbonyl (C=O) groups is 2. The third-order valence-corrected chi connectivity index (χ3v) is 4.06. The van der Waals surface area contributed by atoms with Crippen molar-refractivity contribution in [3.8, 4) is 0 Å². The molecule has 1 saturated heterocycles. The summed E-state index contributed by atoms with van der Waals surface area (Å²) in [5.74, 6) is -1.12. The van der Waals surface area contributed by atoms with Crippen LogP contribution in [0.1, 0.15) is 37.9 Å². The molecule has 1 heterocycles. The zero-order chi connectivity index (χ0) is 15.9. The molecule has 22 heavy (non-hydrogen) atoms. The van der Waals surface area contributed by atoms with Crippen molar-refractivity contribution in [3.63, 3.8) is 0 Å². The third kappa shape index (κ3) is 4.07. The number of amides is 1. The average Bonchev–Trinajstić information content (AvgIpc) is 2.56. The molecule has 2 atom stereocenters. The van der Waals surface area contributed by atoms with Crippen molar-refractivity contribution in [2.45, 2.75) is 32.3 Å². The van der Waals surface area contributed by atoms with Gasteiger partial charge in [-0.15, -0.1) is 0 Å². The van der Waals surface area contributed by atoms with E-state index in [1.807, 2.05) is 37.3 Å². The lowest BCUT2D eigenvalue weighted by atomic mass is 9.88. The highest BCUT2D eigenvalue weighted by Gasteiger charge is 2.35. The lowest BCUT2D eigenvalue weighted by Gasteiger charge is -2.34. The first-order chi connectivity index (χ1) is 10.6. The molecule has 5 nitrogen and oxygen atoms in total. The van der Waals surface area contributed by atoms with Gasteiger partial charge in [-0.2, -0.15) is 0 Å². The second-order valence-corrected chi connectivity index (χ2v) is 5.51. The van der Waals surface area contributed by atoms with Crippen LogP contribution in [0.4, 0.5) is 0 Å². The fraction of sp³-hybridized carbons (Fsp3) is 0.529. The summed E-state index contributed by atoms with van der Waals surface area (Å²) < 4.78 is 5.85. The van der Waals surface area contributed by atoms with Gasteiger partial charge in [-0.25, -0.2) is 0 Å². The largest absolute Gasteiger partial charge is 0.481 e. The van der Waals surface area contributed by atoms with Gasteiger partial charge in [-0.05, 0) is 25.3 Å². The molecule has 0 spiro atoms. The van der Waals surface area contributed by atoms with Gasteiger partial charge >= 0.3 is 5.97 Å². The molecule has 0 radical (unpaired) electrons. The minimum atomic E-state index is -0.884. The minimum Gasteiger partial charge on any atom is -0.481 e. The zero-order valence-electron chi connectivity index (χ0n) is 12.9. The number of ether oxygens (including phenoxy) is 1. The van der Waals surface area contributed by atoms with Gasteiger partial charge in [0, 0.05) is 19.7 Å². The highest BCUT2D eigenvalue weighted by atomic mass is 16.5. The fourth-order valence-corrected chi connectivity index (χ4v) is 2.89. The molecule has 1 aromatic rings. The molecular formula is C17H23NO4. The standard InChI is InChI=1S/C17H23NO4/c1-2-18(11-10-15(19)20)17(21)14-9-6-12-22-16(14)13-7-4-3-5-8-13/h3-5,7-8,14,16H,2,6,9-12H2,1H3,(H,19,20). The van der Waals surface area contributed by atoms with Crippen LogP contribution >= 0.6 is 0 Å². The highest BCUT2D eigenvalue weighted by Crippen LogP contribution is 2.34. The summed E-state index contributed by atoms with van der Waals surface area (Å²) in [6.07, 6.45) is 1.38. The van der Waals surface area contributed by atoms with Crippen LogP contribution in [0, 0.1) is 5.92 Å². The molecule has 2 rings (SSSR count). The van der Waals surface area contributed by atoms with E-state index in [0.29, 0.717) is 13.2 Å². The number of carbonyl (C=O) groups excluding carboxylic acids is 1. The van der Waals surface area contributed by atoms with E-state index >= 15 is 0 Å². The summed E-state index contributed by atoms with van der Waals surface area (Å²) in [6, 6.07) is 9.77. The molecule has 1 N–H and O–H groups in total. The van der Waals surface area contributed by atoms with Gasteiger partial charge in [0.15, 0.2) is 0 Å². The van der Waals surface area contributed by atoms with E-state index in [-0.39, 0.29) is 30.9 Å². The summed E-state index contributed by atoms with van der Waals surface area (Å²) in [6.45, 7) is 3.30. The van der Waals surface area contributed by atoms with E-state index in [1.165, 1.54) is 0 Å². The molecule has 0 aromatic heterocycles. The number of benzene rings is 1. The smallest absolute Gasteiger partial charge is 0.305 e. The second kappa shape index (κ2) is 7.94. The Kier molecular flexibility index (Phi) is 5.95. The van der Waals surface area contributed by atoms with Gasteiger partial charge in [0.1, 0.15) is 0 Å². The Morgan fingerprint density at radius 1 is 1.32 bits per heavy atom. The van der Waals surface area contributed by atoms with E-state index in [4.69, 9.17) is 9.84 Å². The van der Waals surface area contributed by atoms with Crippen molar-refractivity contribution in [1.82, 2.24) is 4.90 Å². The molecule has 1 aromatic carbocycles. The van der Waals surface area contributed by atoms with Gasteiger partial charge in [0.25, 0.3) is 0 Å². The Morgan fingerprint density at radius 3 is 2.68 bits per heavy atom. The maximum atomic E-state index is 12.8. The highest BCUT2D eigenvalue weighted by molar-refractivity contribution is 5.80. The predicted molar refractivity (Wildman–Crippen MR) is 82.4 cm³/mol. The number of nitrogens with zero attached hydrogens (tertiary/aromatic N) is 1. The zero-order valence-corrected chi connectivity index (χ0v) is 12.9. The van der Waals surface area contributed by atoms with Crippen molar-refractivity contribution >= 4 is 11.9 Å². The van der Waals surface area contributed by atoms with Gasteiger partial charge in [-0.3, -0.25) is 9.59 Å². The van der Waals surface area contributed by atoms with Crippen LogP contribution in [0.5, 0.6) is 0 Å². The second-order valence-electron chi connectivity index (χ2n) is 5.51. The minimum absolute atomic E-state index is 0.00250. The van der Waals surface area contributed by atoms with Crippen molar-refractivity contribution in [3.05, 3.63) is 35.9 Å². The van der Waals surface area contributed by atoms with E-state index < -0.39 is 5.97 Å². The van der Waals surface area contributed by atoms with Crippen LogP contribution in [-0.2, 0) is 14.3 Å². The van der Waals surface area contributed by atoms with Crippen molar-refractivity contribution < 1.29 is 19.4 Å². The van der Waals surface area contributed by atoms with Gasteiger partial charge in [0.05, 0.1) is 18.4 Å². The Bertz CT molecular complexity index is 503. The Hall–Kier alpha value is -1.88. The molecule has 1 aliphatic heterocycles. The van der Waals surface area contributed by atoms with Crippen molar-refractivity contribution in [1.29, 1.82) is 0 Å². The number of carboxylic acid groups (broad SMARTS) is 1. The molecule has 5 heteroatoms. The van der Waals surface area contributed by atoms with Crippen LogP contribution in [0.25, 0.3) is 0 Å². The third-order valence-electron chi connectivity index (χ3n) is 4.06. The number of aliphatic carboxylic acids is 1. The maximum absolute atomic E-state index is 12.8. The summed E-state index contributed by atoms with van der Waals surface area (Å²) in [5.41, 5.74) is 1.01. The molecule has 120 valence electrons. The van der Waals surface area contributed by atoms with Gasteiger partial charge < -0.3 is 14.7 Å². The number of hydrogen-bond acceptors (Lipinski definition) is 3. The predicted octanol–water partition coefficient (Wildman–Crippen LogP) is 2.48. The summed E-state index contributed by atoms with van der Waals surface area (Å²) in [4.78, 5) is 25.1. The van der Waals surface area contributed by atoms with E-state index in [1.54, 1.807) is 4.90 Å². The lowest BCUT2D eigenvalue weighted by Crippen LogP contribution is -2.41. The molecule has 0 bridgehead atoms. The first-order valence-electron chi connectivity index (χ1n) is 7.80. The van der Waals surface area contributed by atoms with Crippen LogP contribution in [-0.4, -0.2) is 41.6 Å². The van der Waals surface area contributed by atoms with Crippen molar-refractivity contribution in [2.24, 2.45) is 5.92 Å². The maximum Gasteiger partial charge on any atom is 0.305 e. The van der Waals surface area contributed by atoms with Gasteiger partial charge in [-0.1, -0.05) is 30.3 Å². The Balaban J connectivity index is 2.12. The first-order valence-corrected chi connectivity index (χ1v) is 7.80. The summed E-state index contributed by atoms with van der Waals surface area (Å²) in [5, 5.41) is 8.82. The van der Waals surface area contributed by atoms with Gasteiger partial charge in [0.2, 0.25) is 5.91 Å². The molecule has 2 unspecified atom stereocenters. The molecule has 1 amide bonds. The van der Waals surface area contributed by atoms with Crippen LogP contribution < -0.4 is 0 Å². The lowest BCUT2D eigenvalue weighted by molar-refractivity contribution is -0.146. The normalized spacial score (nSPS) is 21.3. The number of carboxylic acids is 1. The monoisotopic (exact) mass is 305 g/mol. The topological polar surface area (TPSA) is 66.8 Å². The SMILES string of the molecule is CCN(CCC(=O)O)C(=O)C1CCCOC1c1ccccc1. The van der Waals surface area contributed by atoms with Crippen LogP contribution in [0.2, 0.25) is 0 Å². The van der Waals surface area contributed by atoms with Crippen LogP contribution in [0.3, 0.4) is 0 Å². The molecule has 1 aliphatic rings. The fourth-order valence-electron chi connectivity index (χ4n) is 2.89. The molecule has 0 aliphatic carbocycles. The van der Waals surface area contributed by atoms with E-state index in [0.717, 1.165) is 18.4 Å². The molecular weight excluding hydrogens is 282 g/mol. The quantitative estimate of drug-likeness (QED) is 0.877. The summed E-state index contributed by atoms with van der Waals surface area (Å²) >= 11 is 0. The van der Waals surface area contributed by atoms with E-state index in [2.05, 4.69) is 0 Å². The van der Waals surface area contributed by atoms with Crippen LogP contribution in [0.15, 0.2) is 30.3 Å². The molecule has 1 fully saturated rings. The number of hydrogen-bond donors (Lipinski definition) is 1. The van der Waals surface area contributed by atoms with E-state index in [9.17, 15) is 9.59 Å². The Labute approximate surface area is 130 Å². The number of rotatable bonds is 6.